The van der Waals surface area contributed by atoms with Gasteiger partial charge in [-0.15, -0.1) is 0 Å². The lowest BCUT2D eigenvalue weighted by atomic mass is 10.0. The summed E-state index contributed by atoms with van der Waals surface area (Å²) in [4.78, 5) is 16.6. The Kier molecular flexibility index (Phi) is 4.70. The topological polar surface area (TPSA) is 68.0 Å². The van der Waals surface area contributed by atoms with Crippen LogP contribution in [0.2, 0.25) is 0 Å². The lowest BCUT2D eigenvalue weighted by molar-refractivity contribution is -0.122. The monoisotopic (exact) mass is 321 g/mol. The van der Waals surface area contributed by atoms with Gasteiger partial charge in [0.25, 0.3) is 5.89 Å². The van der Waals surface area contributed by atoms with Crippen molar-refractivity contribution in [2.45, 2.75) is 26.3 Å². The van der Waals surface area contributed by atoms with E-state index in [1.54, 1.807) is 0 Å². The summed E-state index contributed by atoms with van der Waals surface area (Å²) in [5.41, 5.74) is 2.97. The molecule has 1 atom stereocenters. The number of nitrogens with one attached hydrogen (secondary N) is 1. The summed E-state index contributed by atoms with van der Waals surface area (Å²) in [6.45, 7) is 4.12. The van der Waals surface area contributed by atoms with E-state index in [2.05, 4.69) is 15.5 Å². The van der Waals surface area contributed by atoms with Gasteiger partial charge in [0.15, 0.2) is 5.82 Å². The van der Waals surface area contributed by atoms with Gasteiger partial charge in [0, 0.05) is 5.56 Å². The standard InChI is InChI=1S/C19H19N3O2/c1-13-7-6-10-16(11-13)19-21-17(22-24-19)12-20-18(23)14(2)15-8-4-3-5-9-15/h3-11,14H,12H2,1-2H3,(H,20,23)/t14-/m0/s1. The average molecular weight is 321 g/mol. The molecule has 122 valence electrons. The van der Waals surface area contributed by atoms with Crippen molar-refractivity contribution < 1.29 is 9.32 Å². The minimum Gasteiger partial charge on any atom is -0.348 e. The number of amides is 1. The number of carbonyl (C=O) groups excluding carboxylic acids is 1. The first kappa shape index (κ1) is 15.9. The number of hydrogen-bond acceptors (Lipinski definition) is 4. The Balaban J connectivity index is 1.62. The predicted molar refractivity (Wildman–Crippen MR) is 91.2 cm³/mol. The third-order valence-electron chi connectivity index (χ3n) is 3.85. The van der Waals surface area contributed by atoms with Gasteiger partial charge in [-0.05, 0) is 31.5 Å². The molecule has 1 N–H and O–H groups in total. The largest absolute Gasteiger partial charge is 0.348 e. The Labute approximate surface area is 140 Å². The van der Waals surface area contributed by atoms with Gasteiger partial charge in [0.2, 0.25) is 5.91 Å². The molecule has 0 aliphatic carbocycles. The van der Waals surface area contributed by atoms with Crippen molar-refractivity contribution in [1.29, 1.82) is 0 Å². The minimum atomic E-state index is -0.227. The Morgan fingerprint density at radius 2 is 1.96 bits per heavy atom. The zero-order valence-corrected chi connectivity index (χ0v) is 13.7. The Morgan fingerprint density at radius 3 is 2.71 bits per heavy atom. The predicted octanol–water partition coefficient (Wildman–Crippen LogP) is 3.46. The van der Waals surface area contributed by atoms with Crippen molar-refractivity contribution >= 4 is 5.91 Å². The van der Waals surface area contributed by atoms with Crippen molar-refractivity contribution in [3.05, 3.63) is 71.5 Å². The number of benzene rings is 2. The molecule has 0 aliphatic rings. The molecule has 0 aliphatic heterocycles. The quantitative estimate of drug-likeness (QED) is 0.781. The molecule has 0 unspecified atom stereocenters. The van der Waals surface area contributed by atoms with E-state index < -0.39 is 0 Å². The van der Waals surface area contributed by atoms with Crippen LogP contribution in [0.25, 0.3) is 11.5 Å². The second-order valence-corrected chi connectivity index (χ2v) is 5.74. The molecule has 0 saturated carbocycles. The molecule has 1 amide bonds. The third-order valence-corrected chi connectivity index (χ3v) is 3.85. The van der Waals surface area contributed by atoms with Crippen LogP contribution in [0.3, 0.4) is 0 Å². The normalized spacial score (nSPS) is 11.9. The number of rotatable bonds is 5. The summed E-state index contributed by atoms with van der Waals surface area (Å²) < 4.78 is 5.27. The molecule has 0 radical (unpaired) electrons. The first-order valence-corrected chi connectivity index (χ1v) is 7.86. The molecule has 2 aromatic carbocycles. The van der Waals surface area contributed by atoms with Crippen molar-refractivity contribution in [2.75, 3.05) is 0 Å². The van der Waals surface area contributed by atoms with Crippen LogP contribution < -0.4 is 5.32 Å². The SMILES string of the molecule is Cc1cccc(-c2nc(CNC(=O)[C@@H](C)c3ccccc3)no2)c1. The maximum absolute atomic E-state index is 12.2. The molecule has 1 heterocycles. The Bertz CT molecular complexity index is 827. The molecule has 1 aromatic heterocycles. The first-order valence-electron chi connectivity index (χ1n) is 7.86. The van der Waals surface area contributed by atoms with Crippen LogP contribution in [-0.4, -0.2) is 16.0 Å². The van der Waals surface area contributed by atoms with Crippen molar-refractivity contribution in [3.63, 3.8) is 0 Å². The summed E-state index contributed by atoms with van der Waals surface area (Å²) >= 11 is 0. The molecule has 24 heavy (non-hydrogen) atoms. The molecule has 0 fully saturated rings. The lowest BCUT2D eigenvalue weighted by Crippen LogP contribution is -2.27. The van der Waals surface area contributed by atoms with E-state index >= 15 is 0 Å². The highest BCUT2D eigenvalue weighted by Crippen LogP contribution is 2.18. The second kappa shape index (κ2) is 7.08. The summed E-state index contributed by atoms with van der Waals surface area (Å²) in [5, 5.41) is 6.77. The summed E-state index contributed by atoms with van der Waals surface area (Å²) in [6, 6.07) is 17.5. The number of aryl methyl sites for hydroxylation is 1. The van der Waals surface area contributed by atoms with E-state index in [9.17, 15) is 4.79 Å². The fraction of sp³-hybridized carbons (Fsp3) is 0.211. The number of hydrogen-bond donors (Lipinski definition) is 1. The van der Waals surface area contributed by atoms with Gasteiger partial charge in [0.1, 0.15) is 0 Å². The fourth-order valence-electron chi connectivity index (χ4n) is 2.43. The molecule has 3 rings (SSSR count). The maximum atomic E-state index is 12.2. The van der Waals surface area contributed by atoms with E-state index in [1.165, 1.54) is 0 Å². The van der Waals surface area contributed by atoms with Gasteiger partial charge >= 0.3 is 0 Å². The van der Waals surface area contributed by atoms with Crippen LogP contribution in [0.15, 0.2) is 59.1 Å². The zero-order valence-electron chi connectivity index (χ0n) is 13.7. The van der Waals surface area contributed by atoms with Gasteiger partial charge < -0.3 is 9.84 Å². The Morgan fingerprint density at radius 1 is 1.17 bits per heavy atom. The molecular weight excluding hydrogens is 302 g/mol. The number of carbonyl (C=O) groups is 1. The minimum absolute atomic E-state index is 0.0666. The molecule has 0 bridgehead atoms. The molecule has 5 heteroatoms. The summed E-state index contributed by atoms with van der Waals surface area (Å²) in [5.74, 6) is 0.622. The third kappa shape index (κ3) is 3.68. The van der Waals surface area contributed by atoms with Crippen LogP contribution in [0.5, 0.6) is 0 Å². The van der Waals surface area contributed by atoms with Gasteiger partial charge in [-0.3, -0.25) is 4.79 Å². The van der Waals surface area contributed by atoms with E-state index in [-0.39, 0.29) is 18.4 Å². The highest BCUT2D eigenvalue weighted by atomic mass is 16.5. The first-order chi connectivity index (χ1) is 11.6. The van der Waals surface area contributed by atoms with Gasteiger partial charge in [-0.2, -0.15) is 4.98 Å². The number of nitrogens with zero attached hydrogens (tertiary/aromatic N) is 2. The molecule has 0 spiro atoms. The lowest BCUT2D eigenvalue weighted by Gasteiger charge is -2.11. The van der Waals surface area contributed by atoms with E-state index in [1.807, 2.05) is 68.4 Å². The molecular formula is C19H19N3O2. The van der Waals surface area contributed by atoms with Crippen LogP contribution in [0, 0.1) is 6.92 Å². The van der Waals surface area contributed by atoms with Crippen molar-refractivity contribution in [3.8, 4) is 11.5 Å². The van der Waals surface area contributed by atoms with Crippen LogP contribution in [-0.2, 0) is 11.3 Å². The van der Waals surface area contributed by atoms with E-state index in [0.717, 1.165) is 16.7 Å². The zero-order chi connectivity index (χ0) is 16.9. The molecule has 0 saturated heterocycles. The van der Waals surface area contributed by atoms with E-state index in [4.69, 9.17) is 4.52 Å². The van der Waals surface area contributed by atoms with E-state index in [0.29, 0.717) is 11.7 Å². The average Bonchev–Trinajstić information content (AvgIpc) is 3.09. The second-order valence-electron chi connectivity index (χ2n) is 5.74. The van der Waals surface area contributed by atoms with Gasteiger partial charge in [0.05, 0.1) is 12.5 Å². The summed E-state index contributed by atoms with van der Waals surface area (Å²) in [7, 11) is 0. The maximum Gasteiger partial charge on any atom is 0.257 e. The van der Waals surface area contributed by atoms with Gasteiger partial charge in [-0.25, -0.2) is 0 Å². The van der Waals surface area contributed by atoms with Crippen LogP contribution in [0.4, 0.5) is 0 Å². The van der Waals surface area contributed by atoms with Crippen molar-refractivity contribution in [1.82, 2.24) is 15.5 Å². The molecule has 5 nitrogen and oxygen atoms in total. The van der Waals surface area contributed by atoms with Gasteiger partial charge in [-0.1, -0.05) is 53.2 Å². The summed E-state index contributed by atoms with van der Waals surface area (Å²) in [6.07, 6.45) is 0. The highest BCUT2D eigenvalue weighted by molar-refractivity contribution is 5.83. The number of aromatic nitrogens is 2. The van der Waals surface area contributed by atoms with Crippen LogP contribution in [0.1, 0.15) is 29.8 Å². The smallest absolute Gasteiger partial charge is 0.257 e. The highest BCUT2D eigenvalue weighted by Gasteiger charge is 2.16. The molecule has 3 aromatic rings. The van der Waals surface area contributed by atoms with Crippen LogP contribution >= 0.6 is 0 Å². The van der Waals surface area contributed by atoms with Crippen molar-refractivity contribution in [2.24, 2.45) is 0 Å². The Hall–Kier alpha value is -2.95. The fourth-order valence-corrected chi connectivity index (χ4v) is 2.43.